The van der Waals surface area contributed by atoms with E-state index < -0.39 is 0 Å². The molecule has 0 spiro atoms. The van der Waals surface area contributed by atoms with Gasteiger partial charge in [0.2, 0.25) is 0 Å². The van der Waals surface area contributed by atoms with Crippen molar-refractivity contribution >= 4 is 5.84 Å². The monoisotopic (exact) mass is 188 g/mol. The van der Waals surface area contributed by atoms with Crippen LogP contribution in [0.4, 0.5) is 0 Å². The number of hydrogen-bond donors (Lipinski definition) is 2. The summed E-state index contributed by atoms with van der Waals surface area (Å²) in [6.45, 7) is 8.82. The van der Waals surface area contributed by atoms with Crippen molar-refractivity contribution in [2.75, 3.05) is 6.61 Å². The molecule has 0 aliphatic heterocycles. The standard InChI is InChI=1S/C9H20N2O2/c1-7(8(10)11-12)13-6-5-9(2,3)4/h7,12H,5-6H2,1-4H3,(H2,10,11). The van der Waals surface area contributed by atoms with Crippen LogP contribution in [0.5, 0.6) is 0 Å². The van der Waals surface area contributed by atoms with Crippen LogP contribution in [-0.4, -0.2) is 23.8 Å². The predicted molar refractivity (Wildman–Crippen MR) is 52.9 cm³/mol. The van der Waals surface area contributed by atoms with Gasteiger partial charge in [0, 0.05) is 6.61 Å². The van der Waals surface area contributed by atoms with Crippen LogP contribution in [-0.2, 0) is 4.74 Å². The summed E-state index contributed by atoms with van der Waals surface area (Å²) in [6, 6.07) is 0. The van der Waals surface area contributed by atoms with Crippen LogP contribution in [0.2, 0.25) is 0 Å². The molecule has 0 heterocycles. The van der Waals surface area contributed by atoms with E-state index in [1.54, 1.807) is 6.92 Å². The van der Waals surface area contributed by atoms with Crippen molar-refractivity contribution in [3.05, 3.63) is 0 Å². The van der Waals surface area contributed by atoms with Crippen molar-refractivity contribution in [1.82, 2.24) is 0 Å². The molecule has 0 saturated heterocycles. The maximum absolute atomic E-state index is 8.35. The first kappa shape index (κ1) is 12.2. The molecule has 13 heavy (non-hydrogen) atoms. The van der Waals surface area contributed by atoms with Crippen LogP contribution >= 0.6 is 0 Å². The van der Waals surface area contributed by atoms with E-state index in [-0.39, 0.29) is 17.4 Å². The molecule has 0 aliphatic carbocycles. The van der Waals surface area contributed by atoms with Gasteiger partial charge < -0.3 is 15.7 Å². The number of ether oxygens (including phenoxy) is 1. The lowest BCUT2D eigenvalue weighted by Crippen LogP contribution is -2.29. The Morgan fingerprint density at radius 3 is 2.46 bits per heavy atom. The van der Waals surface area contributed by atoms with Crippen LogP contribution in [0.15, 0.2) is 5.16 Å². The zero-order valence-electron chi connectivity index (χ0n) is 8.87. The molecule has 1 unspecified atom stereocenters. The normalized spacial score (nSPS) is 15.8. The van der Waals surface area contributed by atoms with Gasteiger partial charge in [-0.15, -0.1) is 0 Å². The summed E-state index contributed by atoms with van der Waals surface area (Å²) in [5.74, 6) is 0.119. The number of nitrogens with two attached hydrogens (primary N) is 1. The number of hydrogen-bond acceptors (Lipinski definition) is 3. The third kappa shape index (κ3) is 6.40. The average molecular weight is 188 g/mol. The van der Waals surface area contributed by atoms with Crippen LogP contribution in [0.25, 0.3) is 0 Å². The van der Waals surface area contributed by atoms with Gasteiger partial charge in [-0.2, -0.15) is 0 Å². The van der Waals surface area contributed by atoms with Gasteiger partial charge in [0.15, 0.2) is 5.84 Å². The molecule has 4 nitrogen and oxygen atoms in total. The topological polar surface area (TPSA) is 67.8 Å². The third-order valence-corrected chi connectivity index (χ3v) is 1.75. The first-order chi connectivity index (χ1) is 5.87. The van der Waals surface area contributed by atoms with Gasteiger partial charge in [-0.3, -0.25) is 0 Å². The summed E-state index contributed by atoms with van der Waals surface area (Å²) in [6.07, 6.45) is 0.642. The van der Waals surface area contributed by atoms with E-state index in [9.17, 15) is 0 Å². The van der Waals surface area contributed by atoms with Crippen LogP contribution in [0.1, 0.15) is 34.1 Å². The molecular formula is C9H20N2O2. The fourth-order valence-corrected chi connectivity index (χ4v) is 0.709. The molecule has 0 aromatic rings. The highest BCUT2D eigenvalue weighted by Gasteiger charge is 2.12. The minimum absolute atomic E-state index is 0.119. The molecule has 1 atom stereocenters. The quantitative estimate of drug-likeness (QED) is 0.304. The Hall–Kier alpha value is -0.770. The lowest BCUT2D eigenvalue weighted by atomic mass is 9.93. The second-order valence-electron chi connectivity index (χ2n) is 4.35. The molecule has 0 rings (SSSR count). The molecule has 78 valence electrons. The number of nitrogens with zero attached hydrogens (tertiary/aromatic N) is 1. The second-order valence-corrected chi connectivity index (χ2v) is 4.35. The molecule has 0 fully saturated rings. The Morgan fingerprint density at radius 1 is 1.54 bits per heavy atom. The maximum Gasteiger partial charge on any atom is 0.168 e. The maximum atomic E-state index is 8.35. The molecule has 0 amide bonds. The van der Waals surface area contributed by atoms with E-state index >= 15 is 0 Å². The smallest absolute Gasteiger partial charge is 0.168 e. The van der Waals surface area contributed by atoms with Gasteiger partial charge in [0.25, 0.3) is 0 Å². The summed E-state index contributed by atoms with van der Waals surface area (Å²) in [5.41, 5.74) is 5.60. The fraction of sp³-hybridized carbons (Fsp3) is 0.889. The van der Waals surface area contributed by atoms with Gasteiger partial charge in [-0.1, -0.05) is 25.9 Å². The summed E-state index contributed by atoms with van der Waals surface area (Å²) in [4.78, 5) is 0. The minimum atomic E-state index is -0.313. The predicted octanol–water partition coefficient (Wildman–Crippen LogP) is 1.57. The molecule has 4 heteroatoms. The zero-order valence-corrected chi connectivity index (χ0v) is 8.87. The van der Waals surface area contributed by atoms with E-state index in [2.05, 4.69) is 25.9 Å². The van der Waals surface area contributed by atoms with Crippen molar-refractivity contribution in [1.29, 1.82) is 0 Å². The lowest BCUT2D eigenvalue weighted by Gasteiger charge is -2.19. The zero-order chi connectivity index (χ0) is 10.5. The van der Waals surface area contributed by atoms with E-state index in [1.807, 2.05) is 0 Å². The summed E-state index contributed by atoms with van der Waals surface area (Å²) >= 11 is 0. The van der Waals surface area contributed by atoms with Crippen molar-refractivity contribution in [2.24, 2.45) is 16.3 Å². The third-order valence-electron chi connectivity index (χ3n) is 1.75. The highest BCUT2D eigenvalue weighted by molar-refractivity contribution is 5.83. The molecule has 0 aromatic heterocycles. The highest BCUT2D eigenvalue weighted by Crippen LogP contribution is 2.18. The van der Waals surface area contributed by atoms with Crippen LogP contribution < -0.4 is 5.73 Å². The molecule has 0 bridgehead atoms. The summed E-state index contributed by atoms with van der Waals surface area (Å²) < 4.78 is 5.35. The Balaban J connectivity index is 3.66. The second kappa shape index (κ2) is 5.07. The highest BCUT2D eigenvalue weighted by atomic mass is 16.5. The first-order valence-corrected chi connectivity index (χ1v) is 4.46. The van der Waals surface area contributed by atoms with E-state index in [4.69, 9.17) is 15.7 Å². The van der Waals surface area contributed by atoms with E-state index in [0.29, 0.717) is 6.61 Å². The van der Waals surface area contributed by atoms with Gasteiger partial charge in [0.05, 0.1) is 0 Å². The van der Waals surface area contributed by atoms with Gasteiger partial charge >= 0.3 is 0 Å². The van der Waals surface area contributed by atoms with Gasteiger partial charge in [-0.05, 0) is 18.8 Å². The Labute approximate surface area is 79.8 Å². The minimum Gasteiger partial charge on any atom is -0.409 e. The van der Waals surface area contributed by atoms with E-state index in [0.717, 1.165) is 6.42 Å². The van der Waals surface area contributed by atoms with Gasteiger partial charge in [0.1, 0.15) is 6.10 Å². The molecule has 0 aliphatic rings. The Kier molecular flexibility index (Phi) is 4.77. The summed E-state index contributed by atoms with van der Waals surface area (Å²) in [5, 5.41) is 11.2. The van der Waals surface area contributed by atoms with Crippen molar-refractivity contribution in [3.63, 3.8) is 0 Å². The number of amidine groups is 1. The average Bonchev–Trinajstić information content (AvgIpc) is 2.00. The first-order valence-electron chi connectivity index (χ1n) is 4.46. The molecule has 0 saturated carbocycles. The Bertz CT molecular complexity index is 173. The van der Waals surface area contributed by atoms with Crippen molar-refractivity contribution in [2.45, 2.75) is 40.2 Å². The van der Waals surface area contributed by atoms with Crippen molar-refractivity contribution < 1.29 is 9.94 Å². The largest absolute Gasteiger partial charge is 0.409 e. The number of rotatable bonds is 4. The SMILES string of the molecule is CC(OCCC(C)(C)C)C(N)=NO. The van der Waals surface area contributed by atoms with Crippen LogP contribution in [0.3, 0.4) is 0 Å². The van der Waals surface area contributed by atoms with Crippen LogP contribution in [0, 0.1) is 5.41 Å². The van der Waals surface area contributed by atoms with Crippen molar-refractivity contribution in [3.8, 4) is 0 Å². The van der Waals surface area contributed by atoms with Gasteiger partial charge in [-0.25, -0.2) is 0 Å². The lowest BCUT2D eigenvalue weighted by molar-refractivity contribution is 0.0843. The molecule has 0 radical (unpaired) electrons. The molecular weight excluding hydrogens is 168 g/mol. The Morgan fingerprint density at radius 2 is 2.08 bits per heavy atom. The summed E-state index contributed by atoms with van der Waals surface area (Å²) in [7, 11) is 0. The molecule has 0 aromatic carbocycles. The number of oxime groups is 1. The molecule has 3 N–H and O–H groups in total. The van der Waals surface area contributed by atoms with E-state index in [1.165, 1.54) is 0 Å². The fourth-order valence-electron chi connectivity index (χ4n) is 0.709.